The quantitative estimate of drug-likeness (QED) is 0.830. The molecule has 0 saturated carbocycles. The van der Waals surface area contributed by atoms with Gasteiger partial charge in [-0.15, -0.1) is 0 Å². The normalized spacial score (nSPS) is 13.4. The third-order valence-electron chi connectivity index (χ3n) is 4.21. The molecule has 2 aromatic rings. The van der Waals surface area contributed by atoms with Gasteiger partial charge in [0.2, 0.25) is 0 Å². The summed E-state index contributed by atoms with van der Waals surface area (Å²) < 4.78 is 5.64. The maximum absolute atomic E-state index is 12.7. The molecule has 2 unspecified atom stereocenters. The highest BCUT2D eigenvalue weighted by Gasteiger charge is 2.24. The van der Waals surface area contributed by atoms with E-state index >= 15 is 0 Å². The van der Waals surface area contributed by atoms with Crippen molar-refractivity contribution >= 4 is 5.91 Å². The van der Waals surface area contributed by atoms with Crippen LogP contribution in [-0.4, -0.2) is 35.6 Å². The third-order valence-corrected chi connectivity index (χ3v) is 4.21. The van der Waals surface area contributed by atoms with E-state index in [9.17, 15) is 9.90 Å². The van der Waals surface area contributed by atoms with Gasteiger partial charge in [0.15, 0.2) is 0 Å². The van der Waals surface area contributed by atoms with E-state index in [1.54, 1.807) is 24.1 Å². The summed E-state index contributed by atoms with van der Waals surface area (Å²) in [5.41, 5.74) is 1.37. The molecule has 134 valence electrons. The fourth-order valence-electron chi connectivity index (χ4n) is 2.49. The lowest BCUT2D eigenvalue weighted by molar-refractivity contribution is 0.0487. The fourth-order valence-corrected chi connectivity index (χ4v) is 2.49. The van der Waals surface area contributed by atoms with Crippen molar-refractivity contribution in [1.29, 1.82) is 0 Å². The van der Waals surface area contributed by atoms with Crippen molar-refractivity contribution in [3.05, 3.63) is 65.7 Å². The molecule has 0 fully saturated rings. The highest BCUT2D eigenvalue weighted by molar-refractivity contribution is 5.94. The standard InChI is InChI=1S/C21H27NO3/c1-15(2)14-25-19-12-10-18(11-13-19)21(24)22(4)16(3)20(23)17-8-6-5-7-9-17/h5-13,15-16,20,23H,14H2,1-4H3. The number of likely N-dealkylation sites (N-methyl/N-ethyl adjacent to an activating group) is 1. The van der Waals surface area contributed by atoms with Gasteiger partial charge in [0.25, 0.3) is 5.91 Å². The molecular formula is C21H27NO3. The summed E-state index contributed by atoms with van der Waals surface area (Å²) in [6.07, 6.45) is -0.733. The van der Waals surface area contributed by atoms with Gasteiger partial charge in [-0.2, -0.15) is 0 Å². The number of carbonyl (C=O) groups excluding carboxylic acids is 1. The second-order valence-electron chi connectivity index (χ2n) is 6.74. The summed E-state index contributed by atoms with van der Waals surface area (Å²) in [7, 11) is 1.71. The predicted molar refractivity (Wildman–Crippen MR) is 99.7 cm³/mol. The number of hydrogen-bond acceptors (Lipinski definition) is 3. The fraction of sp³-hybridized carbons (Fsp3) is 0.381. The molecule has 2 aromatic carbocycles. The molecule has 0 heterocycles. The molecule has 0 aliphatic carbocycles. The lowest BCUT2D eigenvalue weighted by Gasteiger charge is -2.29. The highest BCUT2D eigenvalue weighted by atomic mass is 16.5. The van der Waals surface area contributed by atoms with E-state index in [-0.39, 0.29) is 11.9 Å². The van der Waals surface area contributed by atoms with E-state index in [4.69, 9.17) is 4.74 Å². The maximum atomic E-state index is 12.7. The van der Waals surface area contributed by atoms with Crippen LogP contribution >= 0.6 is 0 Å². The van der Waals surface area contributed by atoms with Crippen LogP contribution in [0, 0.1) is 5.92 Å². The first kappa shape index (κ1) is 19.0. The number of benzene rings is 2. The Kier molecular flexibility index (Phi) is 6.59. The minimum Gasteiger partial charge on any atom is -0.493 e. The molecule has 0 bridgehead atoms. The summed E-state index contributed by atoms with van der Waals surface area (Å²) in [4.78, 5) is 14.2. The molecular weight excluding hydrogens is 314 g/mol. The van der Waals surface area contributed by atoms with E-state index < -0.39 is 6.10 Å². The van der Waals surface area contributed by atoms with Crippen molar-refractivity contribution in [2.45, 2.75) is 32.9 Å². The number of ether oxygens (including phenoxy) is 1. The van der Waals surface area contributed by atoms with Gasteiger partial charge in [0, 0.05) is 12.6 Å². The van der Waals surface area contributed by atoms with E-state index in [0.717, 1.165) is 11.3 Å². The first-order chi connectivity index (χ1) is 11.9. The largest absolute Gasteiger partial charge is 0.493 e. The Morgan fingerprint density at radius 3 is 2.20 bits per heavy atom. The summed E-state index contributed by atoms with van der Waals surface area (Å²) in [6.45, 7) is 6.67. The van der Waals surface area contributed by atoms with Gasteiger partial charge in [-0.25, -0.2) is 0 Å². The predicted octanol–water partition coefficient (Wildman–Crippen LogP) is 3.92. The number of carbonyl (C=O) groups is 1. The molecule has 4 nitrogen and oxygen atoms in total. The van der Waals surface area contributed by atoms with E-state index in [0.29, 0.717) is 18.1 Å². The van der Waals surface area contributed by atoms with Crippen LogP contribution in [0.25, 0.3) is 0 Å². The molecule has 1 N–H and O–H groups in total. The third kappa shape index (κ3) is 5.07. The summed E-state index contributed by atoms with van der Waals surface area (Å²) >= 11 is 0. The molecule has 0 aromatic heterocycles. The minimum atomic E-state index is -0.733. The molecule has 4 heteroatoms. The maximum Gasteiger partial charge on any atom is 0.253 e. The van der Waals surface area contributed by atoms with Gasteiger partial charge >= 0.3 is 0 Å². The van der Waals surface area contributed by atoms with Gasteiger partial charge in [-0.1, -0.05) is 44.2 Å². The van der Waals surface area contributed by atoms with Crippen LogP contribution < -0.4 is 4.74 Å². The lowest BCUT2D eigenvalue weighted by Crippen LogP contribution is -2.39. The first-order valence-corrected chi connectivity index (χ1v) is 8.63. The van der Waals surface area contributed by atoms with E-state index in [1.165, 1.54) is 0 Å². The molecule has 0 saturated heterocycles. The van der Waals surface area contributed by atoms with Crippen LogP contribution in [0.5, 0.6) is 5.75 Å². The van der Waals surface area contributed by atoms with E-state index in [1.807, 2.05) is 49.4 Å². The van der Waals surface area contributed by atoms with Crippen LogP contribution in [0.3, 0.4) is 0 Å². The number of nitrogens with zero attached hydrogens (tertiary/aromatic N) is 1. The number of rotatable bonds is 7. The Hall–Kier alpha value is -2.33. The summed E-state index contributed by atoms with van der Waals surface area (Å²) in [5, 5.41) is 10.5. The van der Waals surface area contributed by atoms with Gasteiger partial charge in [0.05, 0.1) is 18.8 Å². The second-order valence-corrected chi connectivity index (χ2v) is 6.74. The van der Waals surface area contributed by atoms with Gasteiger partial charge in [-0.05, 0) is 42.7 Å². The number of aliphatic hydroxyl groups is 1. The average molecular weight is 341 g/mol. The molecule has 25 heavy (non-hydrogen) atoms. The molecule has 0 aliphatic heterocycles. The van der Waals surface area contributed by atoms with Gasteiger partial charge in [-0.3, -0.25) is 4.79 Å². The van der Waals surface area contributed by atoms with Crippen molar-refractivity contribution in [3.63, 3.8) is 0 Å². The Balaban J connectivity index is 2.03. The van der Waals surface area contributed by atoms with Gasteiger partial charge < -0.3 is 14.7 Å². The lowest BCUT2D eigenvalue weighted by atomic mass is 10.0. The van der Waals surface area contributed by atoms with Crippen LogP contribution in [0.1, 0.15) is 42.8 Å². The molecule has 2 atom stereocenters. The molecule has 2 rings (SSSR count). The Labute approximate surface area is 150 Å². The van der Waals surface area contributed by atoms with Gasteiger partial charge in [0.1, 0.15) is 5.75 Å². The zero-order valence-electron chi connectivity index (χ0n) is 15.3. The molecule has 0 aliphatic rings. The average Bonchev–Trinajstić information content (AvgIpc) is 2.65. The molecule has 0 spiro atoms. The highest BCUT2D eigenvalue weighted by Crippen LogP contribution is 2.22. The number of aliphatic hydroxyl groups excluding tert-OH is 1. The Morgan fingerprint density at radius 1 is 1.04 bits per heavy atom. The Bertz CT molecular complexity index is 667. The zero-order chi connectivity index (χ0) is 18.4. The van der Waals surface area contributed by atoms with Crippen molar-refractivity contribution in [2.24, 2.45) is 5.92 Å². The minimum absolute atomic E-state index is 0.127. The molecule has 1 amide bonds. The van der Waals surface area contributed by atoms with Crippen LogP contribution in [0.4, 0.5) is 0 Å². The second kappa shape index (κ2) is 8.67. The zero-order valence-corrected chi connectivity index (χ0v) is 15.3. The Morgan fingerprint density at radius 2 is 1.64 bits per heavy atom. The van der Waals surface area contributed by atoms with E-state index in [2.05, 4.69) is 13.8 Å². The summed E-state index contributed by atoms with van der Waals surface area (Å²) in [6, 6.07) is 16.2. The van der Waals surface area contributed by atoms with Crippen molar-refractivity contribution < 1.29 is 14.6 Å². The first-order valence-electron chi connectivity index (χ1n) is 8.63. The van der Waals surface area contributed by atoms with Crippen LogP contribution in [-0.2, 0) is 0 Å². The summed E-state index contributed by atoms with van der Waals surface area (Å²) in [5.74, 6) is 1.08. The van der Waals surface area contributed by atoms with Crippen LogP contribution in [0.2, 0.25) is 0 Å². The molecule has 0 radical (unpaired) electrons. The van der Waals surface area contributed by atoms with Crippen LogP contribution in [0.15, 0.2) is 54.6 Å². The van der Waals surface area contributed by atoms with Crippen molar-refractivity contribution in [1.82, 2.24) is 4.90 Å². The topological polar surface area (TPSA) is 49.8 Å². The smallest absolute Gasteiger partial charge is 0.253 e. The SMILES string of the molecule is CC(C)COc1ccc(C(=O)N(C)C(C)C(O)c2ccccc2)cc1. The number of amides is 1. The van der Waals surface area contributed by atoms with Crippen molar-refractivity contribution in [2.75, 3.05) is 13.7 Å². The monoisotopic (exact) mass is 341 g/mol. The van der Waals surface area contributed by atoms with Crippen molar-refractivity contribution in [3.8, 4) is 5.75 Å². The number of hydrogen-bond donors (Lipinski definition) is 1.